The summed E-state index contributed by atoms with van der Waals surface area (Å²) in [5.74, 6) is -0.0113. The average molecular weight is 220 g/mol. The molecule has 0 bridgehead atoms. The first-order valence-corrected chi connectivity index (χ1v) is 5.28. The van der Waals surface area contributed by atoms with Gasteiger partial charge >= 0.3 is 0 Å². The summed E-state index contributed by atoms with van der Waals surface area (Å²) >= 11 is 0. The lowest BCUT2D eigenvalue weighted by molar-refractivity contribution is -0.149. The zero-order valence-corrected chi connectivity index (χ0v) is 8.95. The fraction of sp³-hybridized carbons (Fsp3) is 0.455. The molecule has 84 valence electrons. The number of nitrogens with one attached hydrogen (secondary N) is 1. The quantitative estimate of drug-likeness (QED) is 0.701. The van der Waals surface area contributed by atoms with Gasteiger partial charge < -0.3 is 14.5 Å². The highest BCUT2D eigenvalue weighted by Crippen LogP contribution is 2.33. The Morgan fingerprint density at radius 3 is 2.94 bits per heavy atom. The third-order valence-electron chi connectivity index (χ3n) is 3.03. The summed E-state index contributed by atoms with van der Waals surface area (Å²) in [5, 5.41) is 0. The van der Waals surface area contributed by atoms with Gasteiger partial charge in [-0.05, 0) is 13.3 Å². The van der Waals surface area contributed by atoms with Crippen LogP contribution in [-0.4, -0.2) is 15.8 Å². The molecule has 0 saturated carbocycles. The number of fused-ring (bicyclic) bond motifs is 1. The van der Waals surface area contributed by atoms with Crippen LogP contribution in [0.2, 0.25) is 0 Å². The van der Waals surface area contributed by atoms with Crippen molar-refractivity contribution in [2.45, 2.75) is 32.0 Å². The molecule has 0 saturated heterocycles. The summed E-state index contributed by atoms with van der Waals surface area (Å²) in [6.45, 7) is 1.79. The van der Waals surface area contributed by atoms with Crippen LogP contribution in [0.1, 0.15) is 23.5 Å². The predicted octanol–water partition coefficient (Wildman–Crippen LogP) is 0.781. The molecule has 1 aliphatic heterocycles. The zero-order chi connectivity index (χ0) is 11.2. The minimum atomic E-state index is -0.670. The predicted molar refractivity (Wildman–Crippen MR) is 55.7 cm³/mol. The van der Waals surface area contributed by atoms with Gasteiger partial charge in [-0.2, -0.15) is 0 Å². The minimum Gasteiger partial charge on any atom is -0.456 e. The molecular weight excluding hydrogens is 208 g/mol. The second-order valence-corrected chi connectivity index (χ2v) is 4.17. The van der Waals surface area contributed by atoms with Gasteiger partial charge in [0.15, 0.2) is 0 Å². The van der Waals surface area contributed by atoms with Crippen molar-refractivity contribution in [1.82, 2.24) is 9.97 Å². The van der Waals surface area contributed by atoms with E-state index in [0.717, 1.165) is 12.1 Å². The second kappa shape index (κ2) is 3.10. The van der Waals surface area contributed by atoms with E-state index in [2.05, 4.69) is 9.97 Å². The molecular formula is C11H12N2O3. The van der Waals surface area contributed by atoms with Crippen LogP contribution in [0.3, 0.4) is 0 Å². The van der Waals surface area contributed by atoms with Crippen molar-refractivity contribution in [2.24, 2.45) is 0 Å². The molecule has 1 aromatic heterocycles. The molecule has 1 N–H and O–H groups in total. The summed E-state index contributed by atoms with van der Waals surface area (Å²) < 4.78 is 10.9. The van der Waals surface area contributed by atoms with Crippen molar-refractivity contribution in [2.75, 3.05) is 0 Å². The van der Waals surface area contributed by atoms with Crippen LogP contribution in [0, 0.1) is 6.92 Å². The van der Waals surface area contributed by atoms with Gasteiger partial charge in [-0.15, -0.1) is 0 Å². The van der Waals surface area contributed by atoms with E-state index in [4.69, 9.17) is 9.47 Å². The number of nitrogens with zero attached hydrogens (tertiary/aromatic N) is 1. The van der Waals surface area contributed by atoms with E-state index in [1.807, 2.05) is 0 Å². The first kappa shape index (κ1) is 9.45. The van der Waals surface area contributed by atoms with Crippen molar-refractivity contribution in [3.05, 3.63) is 40.0 Å². The summed E-state index contributed by atoms with van der Waals surface area (Å²) in [7, 11) is 0. The van der Waals surface area contributed by atoms with E-state index in [-0.39, 0.29) is 5.56 Å². The molecule has 0 aromatic carbocycles. The molecule has 2 aliphatic rings. The number of aryl methyl sites for hydroxylation is 2. The molecule has 5 heteroatoms. The van der Waals surface area contributed by atoms with Crippen LogP contribution in [0.4, 0.5) is 0 Å². The molecule has 3 rings (SSSR count). The number of aromatic nitrogens is 2. The number of hydrogen-bond acceptors (Lipinski definition) is 4. The van der Waals surface area contributed by atoms with Crippen LogP contribution in [0.15, 0.2) is 17.3 Å². The number of ether oxygens (including phenoxy) is 2. The summed E-state index contributed by atoms with van der Waals surface area (Å²) in [4.78, 5) is 18.8. The van der Waals surface area contributed by atoms with Gasteiger partial charge in [0.2, 0.25) is 0 Å². The summed E-state index contributed by atoms with van der Waals surface area (Å²) in [6, 6.07) is 0. The molecule has 0 radical (unpaired) electrons. The van der Waals surface area contributed by atoms with Gasteiger partial charge in [0, 0.05) is 12.0 Å². The van der Waals surface area contributed by atoms with Crippen molar-refractivity contribution in [3.63, 3.8) is 0 Å². The van der Waals surface area contributed by atoms with Gasteiger partial charge in [-0.1, -0.05) is 0 Å². The molecule has 1 aromatic rings. The Kier molecular flexibility index (Phi) is 1.83. The van der Waals surface area contributed by atoms with Crippen LogP contribution in [-0.2, 0) is 22.3 Å². The number of aromatic amines is 1. The normalized spacial score (nSPS) is 20.3. The summed E-state index contributed by atoms with van der Waals surface area (Å²) in [6.07, 6.45) is 4.95. The van der Waals surface area contributed by atoms with Gasteiger partial charge in [0.1, 0.15) is 18.3 Å². The SMILES string of the molecule is Cc1nc2c(c(=O)[nH]1)CC1(CC2)OC=CO1. The van der Waals surface area contributed by atoms with Crippen LogP contribution >= 0.6 is 0 Å². The zero-order valence-electron chi connectivity index (χ0n) is 8.95. The Morgan fingerprint density at radius 2 is 2.19 bits per heavy atom. The van der Waals surface area contributed by atoms with Gasteiger partial charge in [0.25, 0.3) is 11.3 Å². The van der Waals surface area contributed by atoms with E-state index in [1.165, 1.54) is 12.5 Å². The minimum absolute atomic E-state index is 0.0827. The highest BCUT2D eigenvalue weighted by molar-refractivity contribution is 5.23. The second-order valence-electron chi connectivity index (χ2n) is 4.17. The molecule has 0 fully saturated rings. The molecule has 2 heterocycles. The average Bonchev–Trinajstić information content (AvgIpc) is 2.68. The molecule has 16 heavy (non-hydrogen) atoms. The largest absolute Gasteiger partial charge is 0.456 e. The molecule has 0 atom stereocenters. The van der Waals surface area contributed by atoms with Crippen molar-refractivity contribution in [3.8, 4) is 0 Å². The fourth-order valence-electron chi connectivity index (χ4n) is 2.26. The molecule has 0 unspecified atom stereocenters. The lowest BCUT2D eigenvalue weighted by atomic mass is 9.91. The first-order valence-electron chi connectivity index (χ1n) is 5.28. The molecule has 1 aliphatic carbocycles. The monoisotopic (exact) mass is 220 g/mol. The van der Waals surface area contributed by atoms with Crippen molar-refractivity contribution >= 4 is 0 Å². The maximum absolute atomic E-state index is 11.8. The Hall–Kier alpha value is -1.78. The fourth-order valence-corrected chi connectivity index (χ4v) is 2.26. The Balaban J connectivity index is 2.03. The van der Waals surface area contributed by atoms with E-state index in [1.54, 1.807) is 6.92 Å². The van der Waals surface area contributed by atoms with Gasteiger partial charge in [-0.25, -0.2) is 4.98 Å². The van der Waals surface area contributed by atoms with E-state index in [9.17, 15) is 4.79 Å². The van der Waals surface area contributed by atoms with Crippen LogP contribution in [0.25, 0.3) is 0 Å². The smallest absolute Gasteiger partial charge is 0.254 e. The maximum Gasteiger partial charge on any atom is 0.254 e. The topological polar surface area (TPSA) is 64.2 Å². The third-order valence-corrected chi connectivity index (χ3v) is 3.03. The van der Waals surface area contributed by atoms with Crippen LogP contribution < -0.4 is 5.56 Å². The maximum atomic E-state index is 11.8. The Labute approximate surface area is 92.1 Å². The number of rotatable bonds is 0. The summed E-state index contributed by atoms with van der Waals surface area (Å²) in [5.41, 5.74) is 1.47. The van der Waals surface area contributed by atoms with Crippen molar-refractivity contribution < 1.29 is 9.47 Å². The lowest BCUT2D eigenvalue weighted by Gasteiger charge is -2.31. The van der Waals surface area contributed by atoms with E-state index >= 15 is 0 Å². The number of hydrogen-bond donors (Lipinski definition) is 1. The standard InChI is InChI=1S/C11H12N2O3/c1-7-12-9-2-3-11(15-4-5-16-11)6-8(9)10(14)13-7/h4-5H,2-3,6H2,1H3,(H,12,13,14). The van der Waals surface area contributed by atoms with Gasteiger partial charge in [-0.3, -0.25) is 4.79 Å². The number of H-pyrrole nitrogens is 1. The molecule has 5 nitrogen and oxygen atoms in total. The van der Waals surface area contributed by atoms with E-state index in [0.29, 0.717) is 24.2 Å². The molecule has 1 spiro atoms. The highest BCUT2D eigenvalue weighted by atomic mass is 16.7. The van der Waals surface area contributed by atoms with E-state index < -0.39 is 5.79 Å². The van der Waals surface area contributed by atoms with Crippen molar-refractivity contribution in [1.29, 1.82) is 0 Å². The Morgan fingerprint density at radius 1 is 1.44 bits per heavy atom. The highest BCUT2D eigenvalue weighted by Gasteiger charge is 2.41. The van der Waals surface area contributed by atoms with Crippen LogP contribution in [0.5, 0.6) is 0 Å². The Bertz CT molecular complexity index is 510. The first-order chi connectivity index (χ1) is 7.69. The molecule has 0 amide bonds. The lowest BCUT2D eigenvalue weighted by Crippen LogP contribution is -2.40. The van der Waals surface area contributed by atoms with Gasteiger partial charge in [0.05, 0.1) is 12.1 Å². The third kappa shape index (κ3) is 1.31.